The molecule has 1 aromatic carbocycles. The maximum absolute atomic E-state index is 13.1. The van der Waals surface area contributed by atoms with E-state index in [4.69, 9.17) is 15.7 Å². The first-order chi connectivity index (χ1) is 15.9. The number of hydrogen-bond donors (Lipinski definition) is 2. The molecule has 2 amide bonds. The number of hydrogen-bond acceptors (Lipinski definition) is 5. The highest BCUT2D eigenvalue weighted by Gasteiger charge is 2.59. The molecule has 2 heterocycles. The van der Waals surface area contributed by atoms with E-state index in [0.29, 0.717) is 36.5 Å². The van der Waals surface area contributed by atoms with Gasteiger partial charge in [0.15, 0.2) is 0 Å². The topological polar surface area (TPSA) is 134 Å². The highest BCUT2D eigenvalue weighted by molar-refractivity contribution is 5.81. The Labute approximate surface area is 190 Å². The number of carbonyl (C=O) groups is 2. The summed E-state index contributed by atoms with van der Waals surface area (Å²) in [6.45, 7) is 0.927. The van der Waals surface area contributed by atoms with Crippen molar-refractivity contribution >= 4 is 23.0 Å². The molecule has 4 saturated carbocycles. The maximum atomic E-state index is 13.1. The van der Waals surface area contributed by atoms with Crippen molar-refractivity contribution in [3.8, 4) is 6.07 Å². The SMILES string of the molecule is N#Cc1ccc2c(c1)[nH]c(=O)n2C1CCN(C(=O)OC2C3CC4C[C@H]2CC(C(N)=O)(C4)C3)C1. The Hall–Kier alpha value is -3.28. The second-order valence-electron chi connectivity index (χ2n) is 10.5. The van der Waals surface area contributed by atoms with Gasteiger partial charge in [-0.15, -0.1) is 0 Å². The summed E-state index contributed by atoms with van der Waals surface area (Å²) in [5.41, 5.74) is 6.97. The molecule has 3 N–H and O–H groups in total. The van der Waals surface area contributed by atoms with Crippen LogP contribution in [0.3, 0.4) is 0 Å². The number of amides is 2. The molecule has 172 valence electrons. The molecule has 2 aromatic rings. The molecule has 1 aromatic heterocycles. The summed E-state index contributed by atoms with van der Waals surface area (Å²) < 4.78 is 7.74. The van der Waals surface area contributed by atoms with Gasteiger partial charge >= 0.3 is 11.8 Å². The predicted octanol–water partition coefficient (Wildman–Crippen LogP) is 2.26. The predicted molar refractivity (Wildman–Crippen MR) is 118 cm³/mol. The van der Waals surface area contributed by atoms with Crippen LogP contribution >= 0.6 is 0 Å². The molecule has 4 aliphatic carbocycles. The molecule has 5 fully saturated rings. The van der Waals surface area contributed by atoms with Gasteiger partial charge in [-0.05, 0) is 74.5 Å². The Bertz CT molecular complexity index is 1240. The number of aromatic amines is 1. The minimum atomic E-state index is -0.403. The molecule has 5 unspecified atom stereocenters. The monoisotopic (exact) mass is 449 g/mol. The van der Waals surface area contributed by atoms with Crippen LogP contribution < -0.4 is 11.4 Å². The van der Waals surface area contributed by atoms with E-state index in [1.54, 1.807) is 27.7 Å². The van der Waals surface area contributed by atoms with Crippen LogP contribution in [0.25, 0.3) is 11.0 Å². The van der Waals surface area contributed by atoms with E-state index in [-0.39, 0.29) is 41.7 Å². The molecule has 7 rings (SSSR count). The highest BCUT2D eigenvalue weighted by Crippen LogP contribution is 2.60. The van der Waals surface area contributed by atoms with Crippen LogP contribution in [0.5, 0.6) is 0 Å². The summed E-state index contributed by atoms with van der Waals surface area (Å²) in [6, 6.07) is 7.07. The molecule has 6 atom stereocenters. The van der Waals surface area contributed by atoms with Crippen LogP contribution in [-0.2, 0) is 9.53 Å². The largest absolute Gasteiger partial charge is 0.446 e. The third-order valence-corrected chi connectivity index (χ3v) is 8.58. The van der Waals surface area contributed by atoms with Gasteiger partial charge < -0.3 is 20.4 Å². The number of nitrogens with one attached hydrogen (secondary N) is 1. The standard InChI is InChI=1S/C24H27N5O4/c25-11-13-1-2-19-18(7-13)27-22(31)29(19)17-3-4-28(12-17)23(32)33-20-15-5-14-6-16(20)10-24(8-14,9-15)21(26)30/h1-2,7,14-17,20H,3-6,8-10,12H2,(H2,26,30)(H,27,31)/t14?,15-,16?,17?,20?,24?/m0/s1. The molecule has 9 heteroatoms. The van der Waals surface area contributed by atoms with Crippen LogP contribution in [0.15, 0.2) is 23.0 Å². The van der Waals surface area contributed by atoms with E-state index in [9.17, 15) is 14.4 Å². The first kappa shape index (κ1) is 20.3. The zero-order valence-corrected chi connectivity index (χ0v) is 18.3. The van der Waals surface area contributed by atoms with Crippen molar-refractivity contribution in [2.24, 2.45) is 28.9 Å². The van der Waals surface area contributed by atoms with E-state index in [1.807, 2.05) is 0 Å². The van der Waals surface area contributed by atoms with Gasteiger partial charge in [0.05, 0.1) is 34.1 Å². The molecule has 0 spiro atoms. The van der Waals surface area contributed by atoms with Crippen molar-refractivity contribution in [3.05, 3.63) is 34.2 Å². The molecule has 33 heavy (non-hydrogen) atoms. The van der Waals surface area contributed by atoms with Crippen LogP contribution in [0.4, 0.5) is 4.79 Å². The number of H-pyrrole nitrogens is 1. The highest BCUT2D eigenvalue weighted by atomic mass is 16.6. The fourth-order valence-electron chi connectivity index (χ4n) is 7.34. The number of benzene rings is 1. The van der Waals surface area contributed by atoms with Crippen molar-refractivity contribution in [1.82, 2.24) is 14.5 Å². The van der Waals surface area contributed by atoms with Crippen molar-refractivity contribution in [2.45, 2.75) is 50.7 Å². The summed E-state index contributed by atoms with van der Waals surface area (Å²) in [5.74, 6) is 0.727. The second-order valence-corrected chi connectivity index (χ2v) is 10.5. The third-order valence-electron chi connectivity index (χ3n) is 8.58. The van der Waals surface area contributed by atoms with Gasteiger partial charge in [0.1, 0.15) is 6.10 Å². The molecule has 1 aliphatic heterocycles. The first-order valence-electron chi connectivity index (χ1n) is 11.8. The van der Waals surface area contributed by atoms with Gasteiger partial charge in [-0.1, -0.05) is 0 Å². The number of aromatic nitrogens is 2. The molecule has 1 saturated heterocycles. The zero-order chi connectivity index (χ0) is 22.9. The smallest absolute Gasteiger partial charge is 0.410 e. The van der Waals surface area contributed by atoms with E-state index in [1.165, 1.54) is 0 Å². The molecule has 4 bridgehead atoms. The molecule has 9 nitrogen and oxygen atoms in total. The zero-order valence-electron chi connectivity index (χ0n) is 18.3. The van der Waals surface area contributed by atoms with Crippen molar-refractivity contribution in [2.75, 3.05) is 13.1 Å². The number of carbonyl (C=O) groups excluding carboxylic acids is 2. The number of primary amides is 1. The summed E-state index contributed by atoms with van der Waals surface area (Å²) in [6.07, 6.45) is 4.52. The lowest BCUT2D eigenvalue weighted by Crippen LogP contribution is -2.59. The fraction of sp³-hybridized carbons (Fsp3) is 0.583. The van der Waals surface area contributed by atoms with Crippen LogP contribution in [0, 0.1) is 34.5 Å². The molecular formula is C24H27N5O4. The Balaban J connectivity index is 1.16. The van der Waals surface area contributed by atoms with Gasteiger partial charge in [-0.2, -0.15) is 5.26 Å². The van der Waals surface area contributed by atoms with E-state index >= 15 is 0 Å². The Morgan fingerprint density at radius 3 is 2.67 bits per heavy atom. The lowest BCUT2D eigenvalue weighted by atomic mass is 9.48. The third kappa shape index (κ3) is 3.07. The van der Waals surface area contributed by atoms with Gasteiger partial charge in [0.2, 0.25) is 5.91 Å². The summed E-state index contributed by atoms with van der Waals surface area (Å²) in [5, 5.41) is 9.10. The quantitative estimate of drug-likeness (QED) is 0.741. The van der Waals surface area contributed by atoms with Gasteiger partial charge in [-0.3, -0.25) is 9.36 Å². The van der Waals surface area contributed by atoms with E-state index < -0.39 is 5.41 Å². The number of rotatable bonds is 3. The number of imidazole rings is 1. The van der Waals surface area contributed by atoms with Crippen LogP contribution in [0.1, 0.15) is 50.1 Å². The number of likely N-dealkylation sites (tertiary alicyclic amines) is 1. The van der Waals surface area contributed by atoms with Gasteiger partial charge in [-0.25, -0.2) is 9.59 Å². The molecule has 5 aliphatic rings. The summed E-state index contributed by atoms with van der Waals surface area (Å²) in [4.78, 5) is 42.4. The Morgan fingerprint density at radius 1 is 1.21 bits per heavy atom. The molecule has 0 radical (unpaired) electrons. The van der Waals surface area contributed by atoms with E-state index in [2.05, 4.69) is 11.1 Å². The lowest BCUT2D eigenvalue weighted by molar-refractivity contribution is -0.161. The number of ether oxygens (including phenoxy) is 1. The number of nitriles is 1. The fourth-order valence-corrected chi connectivity index (χ4v) is 7.34. The molecular weight excluding hydrogens is 422 g/mol. The van der Waals surface area contributed by atoms with Gasteiger partial charge in [0, 0.05) is 13.1 Å². The summed E-state index contributed by atoms with van der Waals surface area (Å²) in [7, 11) is 0. The van der Waals surface area contributed by atoms with Gasteiger partial charge in [0.25, 0.3) is 0 Å². The Kier molecular flexibility index (Phi) is 4.38. The average Bonchev–Trinajstić information content (AvgIpc) is 3.38. The van der Waals surface area contributed by atoms with Crippen molar-refractivity contribution < 1.29 is 14.3 Å². The first-order valence-corrected chi connectivity index (χ1v) is 11.8. The second kappa shape index (κ2) is 7.11. The van der Waals surface area contributed by atoms with Crippen molar-refractivity contribution in [1.29, 1.82) is 5.26 Å². The summed E-state index contributed by atoms with van der Waals surface area (Å²) >= 11 is 0. The average molecular weight is 450 g/mol. The minimum Gasteiger partial charge on any atom is -0.446 e. The van der Waals surface area contributed by atoms with Crippen LogP contribution in [0.2, 0.25) is 0 Å². The normalized spacial score (nSPS) is 34.5. The minimum absolute atomic E-state index is 0.150. The number of fused-ring (bicyclic) bond motifs is 1. The van der Waals surface area contributed by atoms with Crippen molar-refractivity contribution in [3.63, 3.8) is 0 Å². The van der Waals surface area contributed by atoms with Crippen LogP contribution in [-0.4, -0.2) is 45.6 Å². The van der Waals surface area contributed by atoms with E-state index in [0.717, 1.165) is 37.6 Å². The Morgan fingerprint density at radius 2 is 1.97 bits per heavy atom. The number of nitrogens with zero attached hydrogens (tertiary/aromatic N) is 3. The number of nitrogens with two attached hydrogens (primary N) is 1. The maximum Gasteiger partial charge on any atom is 0.410 e. The lowest BCUT2D eigenvalue weighted by Gasteiger charge is -2.58.